The number of hydrogen-bond donors (Lipinski definition) is 1. The topological polar surface area (TPSA) is 86.8 Å². The third-order valence-electron chi connectivity index (χ3n) is 6.92. The number of nitrogens with one attached hydrogen (secondary N) is 1. The molecular weight excluding hydrogens is 488 g/mol. The van der Waals surface area contributed by atoms with Crippen LogP contribution in [0.15, 0.2) is 48.5 Å². The summed E-state index contributed by atoms with van der Waals surface area (Å²) in [7, 11) is 1.38. The minimum Gasteiger partial charge on any atom is -0.465 e. The second kappa shape index (κ2) is 9.86. The van der Waals surface area contributed by atoms with Crippen LogP contribution < -0.4 is 14.8 Å². The molecule has 1 aliphatic heterocycles. The highest BCUT2D eigenvalue weighted by Crippen LogP contribution is 2.39. The zero-order chi connectivity index (χ0) is 25.4. The molecule has 0 atom stereocenters. The maximum atomic E-state index is 13.8. The van der Waals surface area contributed by atoms with Gasteiger partial charge in [-0.3, -0.25) is 4.79 Å². The van der Waals surface area contributed by atoms with Gasteiger partial charge in [0.25, 0.3) is 5.91 Å². The molecule has 4 aromatic rings. The van der Waals surface area contributed by atoms with Gasteiger partial charge in [0, 0.05) is 15.8 Å². The molecule has 2 aliphatic rings. The number of methoxy groups -OCH3 is 1. The zero-order valence-electron chi connectivity index (χ0n) is 20.5. The largest absolute Gasteiger partial charge is 0.465 e. The van der Waals surface area contributed by atoms with E-state index < -0.39 is 5.97 Å². The van der Waals surface area contributed by atoms with Crippen molar-refractivity contribution >= 4 is 39.1 Å². The number of pyridine rings is 1. The third kappa shape index (κ3) is 4.42. The maximum Gasteiger partial charge on any atom is 0.341 e. The lowest BCUT2D eigenvalue weighted by atomic mass is 9.96. The summed E-state index contributed by atoms with van der Waals surface area (Å²) in [4.78, 5) is 32.6. The maximum absolute atomic E-state index is 13.8. The second-order valence-electron chi connectivity index (χ2n) is 9.21. The van der Waals surface area contributed by atoms with Gasteiger partial charge in [-0.1, -0.05) is 31.0 Å². The van der Waals surface area contributed by atoms with Gasteiger partial charge in [-0.15, -0.1) is 11.3 Å². The Morgan fingerprint density at radius 2 is 1.78 bits per heavy atom. The quantitative estimate of drug-likeness (QED) is 0.318. The average molecular weight is 515 g/mol. The molecular formula is C29H26N2O5S. The Balaban J connectivity index is 1.42. The van der Waals surface area contributed by atoms with Crippen LogP contribution in [0.1, 0.15) is 56.8 Å². The molecule has 0 saturated heterocycles. The predicted molar refractivity (Wildman–Crippen MR) is 143 cm³/mol. The highest BCUT2D eigenvalue weighted by molar-refractivity contribution is 7.17. The molecule has 3 heterocycles. The summed E-state index contributed by atoms with van der Waals surface area (Å²) in [6.45, 7) is 0.185. The SMILES string of the molecule is COC(=O)c1c(NC(=O)c2cc(-c3ccc4c(c3)OCO4)nc3ccccc23)sc2c1CCCCCC2. The average Bonchev–Trinajstić information content (AvgIpc) is 3.51. The molecule has 2 aromatic heterocycles. The fourth-order valence-corrected chi connectivity index (χ4v) is 6.34. The summed E-state index contributed by atoms with van der Waals surface area (Å²) in [5.41, 5.74) is 4.16. The van der Waals surface area contributed by atoms with Gasteiger partial charge in [0.15, 0.2) is 11.5 Å². The highest BCUT2D eigenvalue weighted by atomic mass is 32.1. The Kier molecular flexibility index (Phi) is 6.26. The Bertz CT molecular complexity index is 1530. The van der Waals surface area contributed by atoms with Crippen LogP contribution in [0, 0.1) is 0 Å². The summed E-state index contributed by atoms with van der Waals surface area (Å²) in [6, 6.07) is 15.0. The lowest BCUT2D eigenvalue weighted by Gasteiger charge is -2.12. The molecule has 1 N–H and O–H groups in total. The van der Waals surface area contributed by atoms with Gasteiger partial charge < -0.3 is 19.5 Å². The molecule has 188 valence electrons. The minimum absolute atomic E-state index is 0.185. The van der Waals surface area contributed by atoms with Crippen molar-refractivity contribution in [2.75, 3.05) is 19.2 Å². The number of aromatic nitrogens is 1. The summed E-state index contributed by atoms with van der Waals surface area (Å²) < 4.78 is 16.1. The fourth-order valence-electron chi connectivity index (χ4n) is 5.06. The van der Waals surface area contributed by atoms with Crippen molar-refractivity contribution in [3.05, 3.63) is 70.1 Å². The number of nitrogens with zero attached hydrogens (tertiary/aromatic N) is 1. The molecule has 6 rings (SSSR count). The van der Waals surface area contributed by atoms with Gasteiger partial charge in [0.2, 0.25) is 6.79 Å². The number of ether oxygens (including phenoxy) is 3. The number of amides is 1. The molecule has 0 fully saturated rings. The minimum atomic E-state index is -0.408. The van der Waals surface area contributed by atoms with Crippen LogP contribution in [0.3, 0.4) is 0 Å². The van der Waals surface area contributed by atoms with Crippen molar-refractivity contribution in [1.29, 1.82) is 0 Å². The number of para-hydroxylation sites is 1. The number of thiophene rings is 1. The lowest BCUT2D eigenvalue weighted by Crippen LogP contribution is -2.15. The molecule has 0 bridgehead atoms. The lowest BCUT2D eigenvalue weighted by molar-refractivity contribution is 0.0601. The predicted octanol–water partition coefficient (Wildman–Crippen LogP) is 6.39. The van der Waals surface area contributed by atoms with Gasteiger partial charge in [-0.05, 0) is 61.6 Å². The highest BCUT2D eigenvalue weighted by Gasteiger charge is 2.27. The number of fused-ring (bicyclic) bond motifs is 3. The van der Waals surface area contributed by atoms with E-state index in [4.69, 9.17) is 19.2 Å². The van der Waals surface area contributed by atoms with Crippen molar-refractivity contribution in [3.8, 4) is 22.8 Å². The standard InChI is InChI=1S/C29H26N2O5S/c1-34-29(33)26-19-9-4-2-3-5-11-25(19)37-28(26)31-27(32)20-15-22(30-21-10-7-6-8-18(20)21)17-12-13-23-24(14-17)36-16-35-23/h6-8,10,12-15H,2-5,9,11,16H2,1H3,(H,31,32). The van der Waals surface area contributed by atoms with Crippen LogP contribution in [0.25, 0.3) is 22.2 Å². The van der Waals surface area contributed by atoms with Crippen molar-refractivity contribution < 1.29 is 23.8 Å². The van der Waals surface area contributed by atoms with Crippen LogP contribution in [0.2, 0.25) is 0 Å². The van der Waals surface area contributed by atoms with Crippen LogP contribution in [-0.4, -0.2) is 30.8 Å². The summed E-state index contributed by atoms with van der Waals surface area (Å²) in [5, 5.41) is 4.34. The first-order valence-corrected chi connectivity index (χ1v) is 13.3. The van der Waals surface area contributed by atoms with E-state index in [9.17, 15) is 9.59 Å². The van der Waals surface area contributed by atoms with Crippen LogP contribution in [0.4, 0.5) is 5.00 Å². The first-order valence-electron chi connectivity index (χ1n) is 12.5. The molecule has 0 unspecified atom stereocenters. The Labute approximate surface area is 218 Å². The summed E-state index contributed by atoms with van der Waals surface area (Å²) in [5.74, 6) is 0.636. The molecule has 7 nitrogen and oxygen atoms in total. The summed E-state index contributed by atoms with van der Waals surface area (Å²) >= 11 is 1.49. The van der Waals surface area contributed by atoms with Gasteiger partial charge >= 0.3 is 5.97 Å². The number of anilines is 1. The molecule has 37 heavy (non-hydrogen) atoms. The molecule has 1 aliphatic carbocycles. The monoisotopic (exact) mass is 514 g/mol. The molecule has 0 spiro atoms. The Hall–Kier alpha value is -3.91. The number of esters is 1. The Morgan fingerprint density at radius 1 is 0.973 bits per heavy atom. The normalized spacial score (nSPS) is 14.5. The van der Waals surface area contributed by atoms with Crippen molar-refractivity contribution in [1.82, 2.24) is 4.98 Å². The van der Waals surface area contributed by atoms with Crippen LogP contribution >= 0.6 is 11.3 Å². The molecule has 0 saturated carbocycles. The van der Waals surface area contributed by atoms with Gasteiger partial charge in [0.05, 0.1) is 29.4 Å². The molecule has 2 aromatic carbocycles. The van der Waals surface area contributed by atoms with Gasteiger partial charge in [-0.2, -0.15) is 0 Å². The molecule has 0 radical (unpaired) electrons. The fraction of sp³-hybridized carbons (Fsp3) is 0.276. The van der Waals surface area contributed by atoms with E-state index in [1.807, 2.05) is 42.5 Å². The van der Waals surface area contributed by atoms with E-state index in [-0.39, 0.29) is 12.7 Å². The van der Waals surface area contributed by atoms with E-state index in [0.29, 0.717) is 38.8 Å². The van der Waals surface area contributed by atoms with E-state index in [1.165, 1.54) is 24.9 Å². The van der Waals surface area contributed by atoms with E-state index in [2.05, 4.69) is 5.32 Å². The smallest absolute Gasteiger partial charge is 0.341 e. The van der Waals surface area contributed by atoms with E-state index in [0.717, 1.165) is 53.5 Å². The van der Waals surface area contributed by atoms with Crippen molar-refractivity contribution in [3.63, 3.8) is 0 Å². The number of benzene rings is 2. The van der Waals surface area contributed by atoms with Gasteiger partial charge in [-0.25, -0.2) is 9.78 Å². The number of hydrogen-bond acceptors (Lipinski definition) is 7. The van der Waals surface area contributed by atoms with Crippen LogP contribution in [0.5, 0.6) is 11.5 Å². The number of rotatable bonds is 4. The van der Waals surface area contributed by atoms with E-state index >= 15 is 0 Å². The number of carbonyl (C=O) groups excluding carboxylic acids is 2. The first-order chi connectivity index (χ1) is 18.1. The first kappa shape index (κ1) is 23.5. The second-order valence-corrected chi connectivity index (χ2v) is 10.3. The summed E-state index contributed by atoms with van der Waals surface area (Å²) in [6.07, 6.45) is 6.15. The zero-order valence-corrected chi connectivity index (χ0v) is 21.3. The van der Waals surface area contributed by atoms with Crippen molar-refractivity contribution in [2.24, 2.45) is 0 Å². The van der Waals surface area contributed by atoms with Crippen LogP contribution in [-0.2, 0) is 17.6 Å². The van der Waals surface area contributed by atoms with Gasteiger partial charge in [0.1, 0.15) is 5.00 Å². The van der Waals surface area contributed by atoms with Crippen molar-refractivity contribution in [2.45, 2.75) is 38.5 Å². The number of carbonyl (C=O) groups is 2. The molecule has 8 heteroatoms. The molecule has 1 amide bonds. The van der Waals surface area contributed by atoms with E-state index in [1.54, 1.807) is 6.07 Å². The Morgan fingerprint density at radius 3 is 2.65 bits per heavy atom. The third-order valence-corrected chi connectivity index (χ3v) is 8.12. The number of aryl methyl sites for hydroxylation is 1.